The van der Waals surface area contributed by atoms with Crippen molar-refractivity contribution in [2.45, 2.75) is 6.54 Å². The van der Waals surface area contributed by atoms with Crippen LogP contribution >= 0.6 is 0 Å². The van der Waals surface area contributed by atoms with E-state index in [0.29, 0.717) is 17.9 Å². The number of aromatic nitrogens is 6. The second-order valence-corrected chi connectivity index (χ2v) is 5.52. The van der Waals surface area contributed by atoms with Crippen molar-refractivity contribution in [3.8, 4) is 11.5 Å². The van der Waals surface area contributed by atoms with Gasteiger partial charge in [-0.25, -0.2) is 19.3 Å². The predicted octanol–water partition coefficient (Wildman–Crippen LogP) is 1.78. The zero-order valence-electron chi connectivity index (χ0n) is 13.7. The van der Waals surface area contributed by atoms with Gasteiger partial charge in [0.2, 0.25) is 0 Å². The van der Waals surface area contributed by atoms with Gasteiger partial charge in [0.25, 0.3) is 5.91 Å². The minimum atomic E-state index is -0.208. The highest BCUT2D eigenvalue weighted by Crippen LogP contribution is 2.11. The highest BCUT2D eigenvalue weighted by molar-refractivity contribution is 5.93. The van der Waals surface area contributed by atoms with Gasteiger partial charge in [0, 0.05) is 24.5 Å². The summed E-state index contributed by atoms with van der Waals surface area (Å²) in [6, 6.07) is 13.3. The number of carbonyl (C=O) groups is 1. The molecular formula is C18H15N7O. The van der Waals surface area contributed by atoms with Crippen LogP contribution in [0, 0.1) is 0 Å². The first-order valence-electron chi connectivity index (χ1n) is 7.98. The summed E-state index contributed by atoms with van der Waals surface area (Å²) in [5, 5.41) is 11.2. The topological polar surface area (TPSA) is 90.5 Å². The summed E-state index contributed by atoms with van der Waals surface area (Å²) in [6.07, 6.45) is 7.93. The summed E-state index contributed by atoms with van der Waals surface area (Å²) in [5.74, 6) is 0.422. The number of para-hydroxylation sites is 1. The highest BCUT2D eigenvalue weighted by atomic mass is 16.1. The molecule has 128 valence electrons. The quantitative estimate of drug-likeness (QED) is 0.595. The van der Waals surface area contributed by atoms with E-state index >= 15 is 0 Å². The van der Waals surface area contributed by atoms with Crippen LogP contribution in [-0.4, -0.2) is 35.4 Å². The first kappa shape index (κ1) is 15.7. The Labute approximate surface area is 149 Å². The molecule has 1 amide bonds. The summed E-state index contributed by atoms with van der Waals surface area (Å²) in [5.41, 5.74) is 2.22. The van der Waals surface area contributed by atoms with Crippen molar-refractivity contribution in [3.63, 3.8) is 0 Å². The third-order valence-corrected chi connectivity index (χ3v) is 3.81. The van der Waals surface area contributed by atoms with Crippen molar-refractivity contribution in [2.24, 2.45) is 0 Å². The second-order valence-electron chi connectivity index (χ2n) is 5.52. The van der Waals surface area contributed by atoms with Crippen LogP contribution in [0.4, 0.5) is 0 Å². The highest BCUT2D eigenvalue weighted by Gasteiger charge is 2.11. The van der Waals surface area contributed by atoms with Crippen molar-refractivity contribution in [1.82, 2.24) is 34.8 Å². The molecule has 0 atom stereocenters. The molecule has 3 aromatic heterocycles. The van der Waals surface area contributed by atoms with Crippen molar-refractivity contribution < 1.29 is 4.79 Å². The van der Waals surface area contributed by atoms with Crippen LogP contribution in [0.1, 0.15) is 15.9 Å². The number of nitrogens with one attached hydrogen (secondary N) is 1. The molecule has 0 unspecified atom stereocenters. The molecule has 1 N–H and O–H groups in total. The lowest BCUT2D eigenvalue weighted by molar-refractivity contribution is 0.0951. The Morgan fingerprint density at radius 3 is 2.73 bits per heavy atom. The van der Waals surface area contributed by atoms with E-state index in [4.69, 9.17) is 0 Å². The lowest BCUT2D eigenvalue weighted by atomic mass is 10.2. The molecule has 0 fully saturated rings. The van der Waals surface area contributed by atoms with E-state index in [9.17, 15) is 4.79 Å². The van der Waals surface area contributed by atoms with Crippen LogP contribution < -0.4 is 5.32 Å². The van der Waals surface area contributed by atoms with E-state index in [1.165, 1.54) is 6.33 Å². The van der Waals surface area contributed by atoms with E-state index < -0.39 is 0 Å². The monoisotopic (exact) mass is 345 g/mol. The number of pyridine rings is 1. The summed E-state index contributed by atoms with van der Waals surface area (Å²) in [7, 11) is 0. The molecule has 0 radical (unpaired) electrons. The zero-order chi connectivity index (χ0) is 17.8. The van der Waals surface area contributed by atoms with Gasteiger partial charge in [-0.05, 0) is 18.2 Å². The molecule has 3 heterocycles. The van der Waals surface area contributed by atoms with Gasteiger partial charge in [-0.2, -0.15) is 10.2 Å². The van der Waals surface area contributed by atoms with Gasteiger partial charge in [0.1, 0.15) is 12.7 Å². The van der Waals surface area contributed by atoms with Crippen LogP contribution in [0.25, 0.3) is 11.5 Å². The fourth-order valence-corrected chi connectivity index (χ4v) is 2.53. The molecule has 1 aromatic carbocycles. The maximum absolute atomic E-state index is 12.4. The molecular weight excluding hydrogens is 330 g/mol. The van der Waals surface area contributed by atoms with Crippen molar-refractivity contribution in [1.29, 1.82) is 0 Å². The Morgan fingerprint density at radius 1 is 1.04 bits per heavy atom. The number of nitrogens with zero attached hydrogens (tertiary/aromatic N) is 6. The van der Waals surface area contributed by atoms with Gasteiger partial charge in [0.15, 0.2) is 5.82 Å². The normalized spacial score (nSPS) is 10.6. The SMILES string of the molecule is O=C(NCc1cccnc1-n1cncn1)c1cnn(-c2ccccc2)c1. The molecule has 0 spiro atoms. The summed E-state index contributed by atoms with van der Waals surface area (Å²) < 4.78 is 3.23. The number of amides is 1. The van der Waals surface area contributed by atoms with Crippen LogP contribution in [0.5, 0.6) is 0 Å². The molecule has 4 rings (SSSR count). The zero-order valence-corrected chi connectivity index (χ0v) is 13.7. The molecule has 0 aliphatic heterocycles. The minimum Gasteiger partial charge on any atom is -0.348 e. The number of rotatable bonds is 5. The first-order valence-corrected chi connectivity index (χ1v) is 7.98. The predicted molar refractivity (Wildman–Crippen MR) is 93.9 cm³/mol. The molecule has 8 heteroatoms. The van der Waals surface area contributed by atoms with E-state index in [1.807, 2.05) is 42.5 Å². The number of carbonyl (C=O) groups excluding carboxylic acids is 1. The molecule has 0 saturated heterocycles. The average molecular weight is 345 g/mol. The smallest absolute Gasteiger partial charge is 0.254 e. The molecule has 0 aliphatic rings. The summed E-state index contributed by atoms with van der Waals surface area (Å²) >= 11 is 0. The van der Waals surface area contributed by atoms with Gasteiger partial charge in [-0.1, -0.05) is 24.3 Å². The van der Waals surface area contributed by atoms with Crippen LogP contribution in [0.2, 0.25) is 0 Å². The Bertz CT molecular complexity index is 1010. The average Bonchev–Trinajstić information content (AvgIpc) is 3.39. The third kappa shape index (κ3) is 3.20. The summed E-state index contributed by atoms with van der Waals surface area (Å²) in [6.45, 7) is 0.318. The van der Waals surface area contributed by atoms with Crippen molar-refractivity contribution in [2.75, 3.05) is 0 Å². The molecule has 4 aromatic rings. The standard InChI is InChI=1S/C18H15N7O/c26-18(15-10-22-24(11-15)16-6-2-1-3-7-16)21-9-14-5-4-8-20-17(14)25-13-19-12-23-25/h1-8,10-13H,9H2,(H,21,26). The van der Waals surface area contributed by atoms with Crippen molar-refractivity contribution in [3.05, 3.63) is 84.8 Å². The lowest BCUT2D eigenvalue weighted by Crippen LogP contribution is -2.23. The molecule has 8 nitrogen and oxygen atoms in total. The van der Waals surface area contributed by atoms with E-state index in [2.05, 4.69) is 25.5 Å². The maximum Gasteiger partial charge on any atom is 0.254 e. The minimum absolute atomic E-state index is 0.208. The number of hydrogen-bond acceptors (Lipinski definition) is 5. The molecule has 0 saturated carbocycles. The van der Waals surface area contributed by atoms with Gasteiger partial charge < -0.3 is 5.32 Å². The van der Waals surface area contributed by atoms with Crippen LogP contribution in [0.15, 0.2) is 73.7 Å². The largest absolute Gasteiger partial charge is 0.348 e. The van der Waals surface area contributed by atoms with Crippen LogP contribution in [0.3, 0.4) is 0 Å². The Kier molecular flexibility index (Phi) is 4.21. The van der Waals surface area contributed by atoms with Crippen LogP contribution in [-0.2, 0) is 6.54 Å². The fraction of sp³-hybridized carbons (Fsp3) is 0.0556. The number of hydrogen-bond donors (Lipinski definition) is 1. The first-order chi connectivity index (χ1) is 12.8. The number of benzene rings is 1. The van der Waals surface area contributed by atoms with E-state index in [-0.39, 0.29) is 5.91 Å². The molecule has 26 heavy (non-hydrogen) atoms. The fourth-order valence-electron chi connectivity index (χ4n) is 2.53. The summed E-state index contributed by atoms with van der Waals surface area (Å²) in [4.78, 5) is 20.7. The maximum atomic E-state index is 12.4. The van der Waals surface area contributed by atoms with Gasteiger partial charge >= 0.3 is 0 Å². The molecule has 0 aliphatic carbocycles. The Hall–Kier alpha value is -3.81. The second kappa shape index (κ2) is 6.98. The Morgan fingerprint density at radius 2 is 1.92 bits per heavy atom. The lowest BCUT2D eigenvalue weighted by Gasteiger charge is -2.08. The van der Waals surface area contributed by atoms with E-state index in [0.717, 1.165) is 11.3 Å². The van der Waals surface area contributed by atoms with Gasteiger partial charge in [-0.3, -0.25) is 4.79 Å². The van der Waals surface area contributed by atoms with Crippen molar-refractivity contribution >= 4 is 5.91 Å². The third-order valence-electron chi connectivity index (χ3n) is 3.81. The molecule has 0 bridgehead atoms. The van der Waals surface area contributed by atoms with Gasteiger partial charge in [0.05, 0.1) is 17.4 Å². The Balaban J connectivity index is 1.48. The van der Waals surface area contributed by atoms with Gasteiger partial charge in [-0.15, -0.1) is 0 Å². The van der Waals surface area contributed by atoms with E-state index in [1.54, 1.807) is 34.3 Å².